The fourth-order valence-corrected chi connectivity index (χ4v) is 4.28. The molecule has 0 bridgehead atoms. The van der Waals surface area contributed by atoms with Crippen LogP contribution in [-0.4, -0.2) is 45.8 Å². The van der Waals surface area contributed by atoms with E-state index in [4.69, 9.17) is 0 Å². The van der Waals surface area contributed by atoms with Gasteiger partial charge in [-0.3, -0.25) is 9.59 Å². The summed E-state index contributed by atoms with van der Waals surface area (Å²) >= 11 is 0. The average Bonchev–Trinajstić information content (AvgIpc) is 3.20. The number of hydrogen-bond acceptors (Lipinski definition) is 3. The number of amides is 2. The van der Waals surface area contributed by atoms with Crippen LogP contribution in [0.3, 0.4) is 0 Å². The zero-order valence-electron chi connectivity index (χ0n) is 17.8. The van der Waals surface area contributed by atoms with E-state index in [0.717, 1.165) is 33.5 Å². The van der Waals surface area contributed by atoms with E-state index in [1.165, 1.54) is 0 Å². The highest BCUT2D eigenvalue weighted by Crippen LogP contribution is 2.22. The van der Waals surface area contributed by atoms with E-state index in [1.54, 1.807) is 11.0 Å². The Morgan fingerprint density at radius 3 is 2.56 bits per heavy atom. The summed E-state index contributed by atoms with van der Waals surface area (Å²) in [7, 11) is 0. The molecule has 1 saturated heterocycles. The van der Waals surface area contributed by atoms with Crippen molar-refractivity contribution in [1.82, 2.24) is 20.2 Å². The minimum Gasteiger partial charge on any atom is -0.353 e. The van der Waals surface area contributed by atoms with Crippen molar-refractivity contribution in [2.75, 3.05) is 13.1 Å². The fraction of sp³-hybridized carbons (Fsp3) is 0.192. The molecule has 2 N–H and O–H groups in total. The quantitative estimate of drug-likeness (QED) is 0.524. The number of H-pyrrole nitrogens is 1. The summed E-state index contributed by atoms with van der Waals surface area (Å²) in [6.07, 6.45) is 0.470. The molecule has 2 amide bonds. The normalized spacial score (nSPS) is 16.2. The fourth-order valence-electron chi connectivity index (χ4n) is 4.28. The van der Waals surface area contributed by atoms with Crippen LogP contribution in [0.15, 0.2) is 72.8 Å². The van der Waals surface area contributed by atoms with Crippen molar-refractivity contribution < 1.29 is 9.59 Å². The van der Waals surface area contributed by atoms with Crippen molar-refractivity contribution in [2.24, 2.45) is 0 Å². The van der Waals surface area contributed by atoms with Crippen LogP contribution in [0, 0.1) is 6.92 Å². The smallest absolute Gasteiger partial charge is 0.254 e. The molecule has 2 heterocycles. The van der Waals surface area contributed by atoms with Crippen LogP contribution in [0.5, 0.6) is 0 Å². The molecular weight excluding hydrogens is 400 g/mol. The molecule has 0 spiro atoms. The highest BCUT2D eigenvalue weighted by molar-refractivity contribution is 6.00. The molecule has 3 aromatic carbocycles. The summed E-state index contributed by atoms with van der Waals surface area (Å²) in [5, 5.41) is 2.91. The van der Waals surface area contributed by atoms with E-state index in [2.05, 4.69) is 39.6 Å². The maximum absolute atomic E-state index is 13.3. The summed E-state index contributed by atoms with van der Waals surface area (Å²) in [6.45, 7) is 2.83. The first kappa shape index (κ1) is 20.0. The van der Waals surface area contributed by atoms with E-state index < -0.39 is 6.04 Å². The van der Waals surface area contributed by atoms with Gasteiger partial charge in [0, 0.05) is 25.1 Å². The van der Waals surface area contributed by atoms with Gasteiger partial charge in [0.1, 0.15) is 11.9 Å². The Morgan fingerprint density at radius 2 is 1.78 bits per heavy atom. The lowest BCUT2D eigenvalue weighted by atomic mass is 9.98. The van der Waals surface area contributed by atoms with Crippen LogP contribution in [-0.2, 0) is 11.2 Å². The van der Waals surface area contributed by atoms with Crippen LogP contribution in [0.1, 0.15) is 21.7 Å². The zero-order valence-corrected chi connectivity index (χ0v) is 17.8. The highest BCUT2D eigenvalue weighted by atomic mass is 16.2. The number of imidazole rings is 1. The second-order valence-corrected chi connectivity index (χ2v) is 8.13. The van der Waals surface area contributed by atoms with Crippen molar-refractivity contribution in [2.45, 2.75) is 19.4 Å². The van der Waals surface area contributed by atoms with Crippen LogP contribution < -0.4 is 5.32 Å². The highest BCUT2D eigenvalue weighted by Gasteiger charge is 2.33. The number of rotatable bonds is 4. The Balaban J connectivity index is 1.38. The molecule has 0 saturated carbocycles. The van der Waals surface area contributed by atoms with Gasteiger partial charge in [0.25, 0.3) is 5.91 Å². The number of benzene rings is 3. The number of nitrogens with one attached hydrogen (secondary N) is 2. The van der Waals surface area contributed by atoms with Gasteiger partial charge in [-0.25, -0.2) is 4.98 Å². The monoisotopic (exact) mass is 424 g/mol. The largest absolute Gasteiger partial charge is 0.353 e. The first-order valence-electron chi connectivity index (χ1n) is 10.8. The summed E-state index contributed by atoms with van der Waals surface area (Å²) in [6, 6.07) is 23.3. The predicted molar refractivity (Wildman–Crippen MR) is 124 cm³/mol. The first-order chi connectivity index (χ1) is 15.6. The molecule has 160 valence electrons. The molecule has 4 aromatic rings. The number of carbonyl (C=O) groups excluding carboxylic acids is 2. The van der Waals surface area contributed by atoms with Gasteiger partial charge in [0.2, 0.25) is 5.91 Å². The molecule has 0 unspecified atom stereocenters. The van der Waals surface area contributed by atoms with Gasteiger partial charge in [-0.15, -0.1) is 0 Å². The summed E-state index contributed by atoms with van der Waals surface area (Å²) < 4.78 is 0. The van der Waals surface area contributed by atoms with Crippen LogP contribution >= 0.6 is 0 Å². The summed E-state index contributed by atoms with van der Waals surface area (Å²) in [5.74, 6) is 0.550. The van der Waals surface area contributed by atoms with E-state index in [0.29, 0.717) is 25.1 Å². The Bertz CT molecular complexity index is 1280. The molecule has 1 aromatic heterocycles. The molecular formula is C26H24N4O2. The van der Waals surface area contributed by atoms with Gasteiger partial charge >= 0.3 is 0 Å². The molecule has 6 heteroatoms. The van der Waals surface area contributed by atoms with Crippen molar-refractivity contribution in [3.63, 3.8) is 0 Å². The zero-order chi connectivity index (χ0) is 22.1. The maximum atomic E-state index is 13.3. The SMILES string of the molecule is Cc1nc2ccc(C(=O)N3CCNC(=O)[C@H]3Cc3ccc(-c4ccccc4)cc3)cc2[nH]1. The molecule has 1 atom stereocenters. The van der Waals surface area contributed by atoms with E-state index in [1.807, 2.05) is 49.4 Å². The minimum atomic E-state index is -0.543. The van der Waals surface area contributed by atoms with Gasteiger partial charge in [0.05, 0.1) is 11.0 Å². The Hall–Kier alpha value is -3.93. The van der Waals surface area contributed by atoms with Gasteiger partial charge in [-0.1, -0.05) is 54.6 Å². The van der Waals surface area contributed by atoms with Crippen molar-refractivity contribution in [3.8, 4) is 11.1 Å². The number of carbonyl (C=O) groups is 2. The number of aryl methyl sites for hydroxylation is 1. The Kier molecular flexibility index (Phi) is 5.19. The second-order valence-electron chi connectivity index (χ2n) is 8.13. The summed E-state index contributed by atoms with van der Waals surface area (Å²) in [5.41, 5.74) is 5.49. The molecule has 1 fully saturated rings. The number of piperazine rings is 1. The molecule has 5 rings (SSSR count). The third-order valence-corrected chi connectivity index (χ3v) is 5.93. The van der Waals surface area contributed by atoms with E-state index in [-0.39, 0.29) is 11.8 Å². The molecule has 6 nitrogen and oxygen atoms in total. The number of aromatic nitrogens is 2. The first-order valence-corrected chi connectivity index (χ1v) is 10.8. The Morgan fingerprint density at radius 1 is 1.03 bits per heavy atom. The maximum Gasteiger partial charge on any atom is 0.254 e. The number of aromatic amines is 1. The van der Waals surface area contributed by atoms with Gasteiger partial charge < -0.3 is 15.2 Å². The molecule has 1 aliphatic rings. The molecule has 0 radical (unpaired) electrons. The van der Waals surface area contributed by atoms with Crippen molar-refractivity contribution >= 4 is 22.8 Å². The molecule has 0 aliphatic carbocycles. The minimum absolute atomic E-state index is 0.116. The predicted octanol–water partition coefficient (Wildman–Crippen LogP) is 3.72. The number of fused-ring (bicyclic) bond motifs is 1. The standard InChI is InChI=1S/C26H24N4O2/c1-17-28-22-12-11-21(16-23(22)29-17)26(32)30-14-13-27-25(31)24(30)15-18-7-9-20(10-8-18)19-5-3-2-4-6-19/h2-12,16,24H,13-15H2,1H3,(H,27,31)(H,28,29)/t24-/m1/s1. The lowest BCUT2D eigenvalue weighted by Crippen LogP contribution is -2.58. The Labute approximate surface area is 186 Å². The molecule has 1 aliphatic heterocycles. The third-order valence-electron chi connectivity index (χ3n) is 5.93. The number of hydrogen-bond donors (Lipinski definition) is 2. The van der Waals surface area contributed by atoms with Gasteiger partial charge in [-0.05, 0) is 41.8 Å². The molecule has 32 heavy (non-hydrogen) atoms. The van der Waals surface area contributed by atoms with Crippen molar-refractivity contribution in [3.05, 3.63) is 89.7 Å². The van der Waals surface area contributed by atoms with Crippen LogP contribution in [0.4, 0.5) is 0 Å². The van der Waals surface area contributed by atoms with Crippen molar-refractivity contribution in [1.29, 1.82) is 0 Å². The van der Waals surface area contributed by atoms with Gasteiger partial charge in [0.15, 0.2) is 0 Å². The van der Waals surface area contributed by atoms with Crippen LogP contribution in [0.25, 0.3) is 22.2 Å². The number of nitrogens with zero attached hydrogens (tertiary/aromatic N) is 2. The summed E-state index contributed by atoms with van der Waals surface area (Å²) in [4.78, 5) is 35.3. The topological polar surface area (TPSA) is 78.1 Å². The lowest BCUT2D eigenvalue weighted by molar-refractivity contribution is -0.127. The van der Waals surface area contributed by atoms with E-state index >= 15 is 0 Å². The van der Waals surface area contributed by atoms with E-state index in [9.17, 15) is 9.59 Å². The lowest BCUT2D eigenvalue weighted by Gasteiger charge is -2.35. The third kappa shape index (κ3) is 3.87. The average molecular weight is 425 g/mol. The van der Waals surface area contributed by atoms with Gasteiger partial charge in [-0.2, -0.15) is 0 Å². The second kappa shape index (κ2) is 8.30. The van der Waals surface area contributed by atoms with Crippen LogP contribution in [0.2, 0.25) is 0 Å².